The minimum atomic E-state index is -3.07. The van der Waals surface area contributed by atoms with Gasteiger partial charge in [0.2, 0.25) is 5.91 Å². The van der Waals surface area contributed by atoms with Crippen molar-refractivity contribution in [1.82, 2.24) is 14.5 Å². The Labute approximate surface area is 174 Å². The van der Waals surface area contributed by atoms with Gasteiger partial charge in [-0.3, -0.25) is 14.2 Å². The molecule has 29 heavy (non-hydrogen) atoms. The van der Waals surface area contributed by atoms with E-state index in [0.717, 1.165) is 12.8 Å². The number of aromatic nitrogens is 2. The van der Waals surface area contributed by atoms with E-state index in [2.05, 4.69) is 4.98 Å². The summed E-state index contributed by atoms with van der Waals surface area (Å²) in [5.74, 6) is 0.0610. The molecule has 2 atom stereocenters. The topological polar surface area (TPSA) is 89.3 Å². The normalized spacial score (nSPS) is 21.9. The van der Waals surface area contributed by atoms with Gasteiger partial charge in [-0.15, -0.1) is 0 Å². The highest BCUT2D eigenvalue weighted by Crippen LogP contribution is 2.38. The van der Waals surface area contributed by atoms with E-state index < -0.39 is 15.1 Å². The summed E-state index contributed by atoms with van der Waals surface area (Å²) in [6.07, 6.45) is 2.37. The monoisotopic (exact) mass is 435 g/mol. The molecule has 0 bridgehead atoms. The Hall–Kier alpha value is -1.87. The van der Waals surface area contributed by atoms with Gasteiger partial charge in [0.05, 0.1) is 27.7 Å². The van der Waals surface area contributed by atoms with E-state index in [-0.39, 0.29) is 35.1 Å². The van der Waals surface area contributed by atoms with Crippen molar-refractivity contribution >= 4 is 38.4 Å². The third kappa shape index (κ3) is 4.07. The second-order valence-electron chi connectivity index (χ2n) is 7.76. The zero-order valence-electron chi connectivity index (χ0n) is 16.6. The number of amides is 1. The lowest BCUT2D eigenvalue weighted by Gasteiger charge is -2.29. The molecule has 1 aromatic carbocycles. The van der Waals surface area contributed by atoms with Gasteiger partial charge in [0, 0.05) is 18.6 Å². The minimum absolute atomic E-state index is 0.0327. The van der Waals surface area contributed by atoms with Gasteiger partial charge >= 0.3 is 0 Å². The molecule has 2 aromatic rings. The van der Waals surface area contributed by atoms with Gasteiger partial charge in [0.1, 0.15) is 0 Å². The lowest BCUT2D eigenvalue weighted by atomic mass is 10.2. The Balaban J connectivity index is 1.61. The average molecular weight is 436 g/mol. The molecule has 0 unspecified atom stereocenters. The smallest absolute Gasteiger partial charge is 0.262 e. The Morgan fingerprint density at radius 1 is 1.31 bits per heavy atom. The number of carbonyl (C=O) groups is 1. The highest BCUT2D eigenvalue weighted by atomic mass is 32.2. The highest BCUT2D eigenvalue weighted by molar-refractivity contribution is 8.00. The van der Waals surface area contributed by atoms with Crippen molar-refractivity contribution < 1.29 is 13.2 Å². The maximum Gasteiger partial charge on any atom is 0.262 e. The van der Waals surface area contributed by atoms with Crippen molar-refractivity contribution in [2.75, 3.05) is 18.1 Å². The van der Waals surface area contributed by atoms with Gasteiger partial charge in [-0.05, 0) is 45.2 Å². The van der Waals surface area contributed by atoms with Crippen LogP contribution in [0.25, 0.3) is 10.9 Å². The molecular weight excluding hydrogens is 410 g/mol. The summed E-state index contributed by atoms with van der Waals surface area (Å²) in [6.45, 7) is 4.14. The molecule has 7 nitrogen and oxygen atoms in total. The number of thioether (sulfide) groups is 1. The van der Waals surface area contributed by atoms with Crippen molar-refractivity contribution in [1.29, 1.82) is 0 Å². The second-order valence-corrected chi connectivity index (χ2v) is 11.3. The number of para-hydroxylation sites is 1. The number of hydrogen-bond donors (Lipinski definition) is 0. The molecule has 4 rings (SSSR count). The van der Waals surface area contributed by atoms with E-state index in [4.69, 9.17) is 0 Å². The number of hydrogen-bond acceptors (Lipinski definition) is 6. The molecule has 1 aliphatic carbocycles. The Morgan fingerprint density at radius 2 is 2.03 bits per heavy atom. The standard InChI is InChI=1S/C20H25N3O4S2/c1-3-22(15-10-11-29(26,27)12-15)18(24)13(2)28-20-21-17-7-5-4-6-16(17)19(25)23(20)14-8-9-14/h4-7,13-15H,3,8-12H2,1-2H3/t13-,15+/m1/s1. The van der Waals surface area contributed by atoms with Gasteiger partial charge in [-0.1, -0.05) is 23.9 Å². The fourth-order valence-electron chi connectivity index (χ4n) is 3.92. The summed E-state index contributed by atoms with van der Waals surface area (Å²) in [4.78, 5) is 32.5. The first-order chi connectivity index (χ1) is 13.8. The van der Waals surface area contributed by atoms with E-state index in [1.165, 1.54) is 11.8 Å². The van der Waals surface area contributed by atoms with Crippen LogP contribution in [0, 0.1) is 0 Å². The zero-order valence-corrected chi connectivity index (χ0v) is 18.2. The van der Waals surface area contributed by atoms with Gasteiger partial charge in [0.25, 0.3) is 5.56 Å². The van der Waals surface area contributed by atoms with E-state index >= 15 is 0 Å². The predicted molar refractivity (Wildman–Crippen MR) is 114 cm³/mol. The molecule has 1 saturated carbocycles. The zero-order chi connectivity index (χ0) is 20.8. The maximum atomic E-state index is 13.1. The largest absolute Gasteiger partial charge is 0.338 e. The summed E-state index contributed by atoms with van der Waals surface area (Å²) in [5, 5.41) is 0.692. The summed E-state index contributed by atoms with van der Waals surface area (Å²) in [7, 11) is -3.07. The van der Waals surface area contributed by atoms with Crippen LogP contribution in [0.5, 0.6) is 0 Å². The fraction of sp³-hybridized carbons (Fsp3) is 0.550. The molecule has 156 valence electrons. The number of rotatable bonds is 6. The van der Waals surface area contributed by atoms with Crippen LogP contribution in [0.4, 0.5) is 0 Å². The Morgan fingerprint density at radius 3 is 2.66 bits per heavy atom. The van der Waals surface area contributed by atoms with Crippen molar-refractivity contribution in [3.63, 3.8) is 0 Å². The first-order valence-corrected chi connectivity index (χ1v) is 12.7. The Bertz CT molecular complexity index is 1110. The molecule has 1 amide bonds. The quantitative estimate of drug-likeness (QED) is 0.511. The van der Waals surface area contributed by atoms with Crippen LogP contribution < -0.4 is 5.56 Å². The van der Waals surface area contributed by atoms with Crippen LogP contribution in [-0.2, 0) is 14.6 Å². The molecule has 1 aromatic heterocycles. The summed E-state index contributed by atoms with van der Waals surface area (Å²) >= 11 is 1.29. The maximum absolute atomic E-state index is 13.1. The van der Waals surface area contributed by atoms with Gasteiger partial charge in [-0.2, -0.15) is 0 Å². The van der Waals surface area contributed by atoms with Crippen LogP contribution in [0.1, 0.15) is 39.2 Å². The lowest BCUT2D eigenvalue weighted by Crippen LogP contribution is -2.44. The second kappa shape index (κ2) is 7.75. The van der Waals surface area contributed by atoms with Crippen LogP contribution in [0.2, 0.25) is 0 Å². The third-order valence-electron chi connectivity index (χ3n) is 5.59. The summed E-state index contributed by atoms with van der Waals surface area (Å²) < 4.78 is 25.4. The van der Waals surface area contributed by atoms with Crippen LogP contribution in [0.15, 0.2) is 34.2 Å². The SMILES string of the molecule is CCN(C(=O)[C@@H](C)Sc1nc2ccccc2c(=O)n1C1CC1)[C@H]1CCS(=O)(=O)C1. The van der Waals surface area contributed by atoms with Crippen LogP contribution in [-0.4, -0.2) is 58.1 Å². The lowest BCUT2D eigenvalue weighted by molar-refractivity contribution is -0.131. The molecule has 0 radical (unpaired) electrons. The van der Waals surface area contributed by atoms with Crippen molar-refractivity contribution in [2.45, 2.75) is 55.6 Å². The van der Waals surface area contributed by atoms with E-state index in [1.54, 1.807) is 22.5 Å². The van der Waals surface area contributed by atoms with Gasteiger partial charge in [0.15, 0.2) is 15.0 Å². The molecule has 2 aliphatic rings. The van der Waals surface area contributed by atoms with E-state index in [0.29, 0.717) is 29.0 Å². The molecule has 1 aliphatic heterocycles. The van der Waals surface area contributed by atoms with Gasteiger partial charge < -0.3 is 4.90 Å². The number of nitrogens with zero attached hydrogens (tertiary/aromatic N) is 3. The average Bonchev–Trinajstić information content (AvgIpc) is 3.45. The van der Waals surface area contributed by atoms with Crippen molar-refractivity contribution in [3.05, 3.63) is 34.6 Å². The number of fused-ring (bicyclic) bond motifs is 1. The van der Waals surface area contributed by atoms with Crippen LogP contribution >= 0.6 is 11.8 Å². The highest BCUT2D eigenvalue weighted by Gasteiger charge is 2.36. The number of sulfone groups is 1. The Kier molecular flexibility index (Phi) is 5.46. The van der Waals surface area contributed by atoms with Crippen molar-refractivity contribution in [2.24, 2.45) is 0 Å². The first kappa shape index (κ1) is 20.4. The number of benzene rings is 1. The van der Waals surface area contributed by atoms with E-state index in [9.17, 15) is 18.0 Å². The van der Waals surface area contributed by atoms with Gasteiger partial charge in [-0.25, -0.2) is 13.4 Å². The summed E-state index contributed by atoms with van der Waals surface area (Å²) in [6, 6.07) is 7.15. The molecule has 0 spiro atoms. The number of carbonyl (C=O) groups excluding carboxylic acids is 1. The fourth-order valence-corrected chi connectivity index (χ4v) is 6.70. The molecule has 0 N–H and O–H groups in total. The van der Waals surface area contributed by atoms with Crippen LogP contribution in [0.3, 0.4) is 0 Å². The predicted octanol–water partition coefficient (Wildman–Crippen LogP) is 2.25. The molecule has 1 saturated heterocycles. The third-order valence-corrected chi connectivity index (χ3v) is 8.39. The minimum Gasteiger partial charge on any atom is -0.338 e. The molecule has 9 heteroatoms. The van der Waals surface area contributed by atoms with Crippen molar-refractivity contribution in [3.8, 4) is 0 Å². The molecule has 2 fully saturated rings. The molecular formula is C20H25N3O4S2. The van der Waals surface area contributed by atoms with E-state index in [1.807, 2.05) is 25.1 Å². The first-order valence-electron chi connectivity index (χ1n) is 9.99. The summed E-state index contributed by atoms with van der Waals surface area (Å²) in [5.41, 5.74) is 0.570. The molecule has 2 heterocycles.